The first-order valence-corrected chi connectivity index (χ1v) is 9.59. The number of nitrogens with one attached hydrogen (secondary N) is 1. The fraction of sp³-hybridized carbons (Fsp3) is 0.867. The molecule has 2 N–H and O–H groups in total. The van der Waals surface area contributed by atoms with Gasteiger partial charge in [-0.05, 0) is 19.3 Å². The molecule has 0 heterocycles. The second-order valence-corrected chi connectivity index (χ2v) is 6.93. The number of carbonyl (C=O) groups is 2. The van der Waals surface area contributed by atoms with Gasteiger partial charge in [-0.2, -0.15) is 8.42 Å². The second-order valence-electron chi connectivity index (χ2n) is 5.53. The molecule has 0 unspecified atom stereocenters. The molecule has 0 rings (SSSR count). The molecule has 0 aliphatic heterocycles. The van der Waals surface area contributed by atoms with Crippen molar-refractivity contribution in [1.29, 1.82) is 0 Å². The molecule has 0 aliphatic rings. The molecule has 0 radical (unpaired) electrons. The Balaban J connectivity index is 3.41. The number of hydrogen-bond acceptors (Lipinski definition) is 4. The molecule has 0 bridgehead atoms. The molecule has 0 saturated carbocycles. The standard InChI is InChI=1S/C15H29NO5S/c1-2-3-4-5-6-8-11-14(17)16-13-10-7-9-12-15(18)22(19,20)21/h2-13H2,1H3,(H,16,17)(H,19,20,21). The summed E-state index contributed by atoms with van der Waals surface area (Å²) in [4.78, 5) is 22.4. The predicted molar refractivity (Wildman–Crippen MR) is 86.0 cm³/mol. The van der Waals surface area contributed by atoms with E-state index in [9.17, 15) is 18.0 Å². The highest BCUT2D eigenvalue weighted by molar-refractivity contribution is 8.01. The van der Waals surface area contributed by atoms with Crippen LogP contribution in [0.2, 0.25) is 0 Å². The molecular formula is C15H29NO5S. The molecule has 0 atom stereocenters. The van der Waals surface area contributed by atoms with Crippen molar-refractivity contribution >= 4 is 21.1 Å². The minimum Gasteiger partial charge on any atom is -0.356 e. The summed E-state index contributed by atoms with van der Waals surface area (Å²) in [5.41, 5.74) is 0. The lowest BCUT2D eigenvalue weighted by Gasteiger charge is -2.05. The lowest BCUT2D eigenvalue weighted by atomic mass is 10.1. The Kier molecular flexibility index (Phi) is 12.0. The van der Waals surface area contributed by atoms with Gasteiger partial charge >= 0.3 is 10.1 Å². The molecule has 7 heteroatoms. The Morgan fingerprint density at radius 2 is 1.41 bits per heavy atom. The van der Waals surface area contributed by atoms with Crippen molar-refractivity contribution < 1.29 is 22.6 Å². The van der Waals surface area contributed by atoms with Crippen LogP contribution < -0.4 is 5.32 Å². The largest absolute Gasteiger partial charge is 0.356 e. The smallest absolute Gasteiger partial charge is 0.328 e. The number of carbonyl (C=O) groups excluding carboxylic acids is 2. The van der Waals surface area contributed by atoms with Gasteiger partial charge in [0.25, 0.3) is 5.12 Å². The van der Waals surface area contributed by atoms with Crippen LogP contribution in [0.25, 0.3) is 0 Å². The molecule has 0 aromatic carbocycles. The lowest BCUT2D eigenvalue weighted by Crippen LogP contribution is -2.24. The SMILES string of the molecule is CCCCCCCCC(=O)NCCCCCC(=O)S(=O)(=O)O. The fourth-order valence-electron chi connectivity index (χ4n) is 2.08. The van der Waals surface area contributed by atoms with E-state index in [1.807, 2.05) is 0 Å². The Bertz CT molecular complexity index is 420. The van der Waals surface area contributed by atoms with E-state index in [1.165, 1.54) is 25.7 Å². The van der Waals surface area contributed by atoms with Crippen LogP contribution in [-0.2, 0) is 19.7 Å². The predicted octanol–water partition coefficient (Wildman–Crippen LogP) is 2.83. The van der Waals surface area contributed by atoms with Crippen molar-refractivity contribution in [2.75, 3.05) is 6.54 Å². The van der Waals surface area contributed by atoms with Gasteiger partial charge in [-0.1, -0.05) is 45.4 Å². The molecule has 0 fully saturated rings. The van der Waals surface area contributed by atoms with Gasteiger partial charge in [-0.25, -0.2) is 0 Å². The highest BCUT2D eigenvalue weighted by Crippen LogP contribution is 2.07. The zero-order valence-electron chi connectivity index (χ0n) is 13.5. The molecule has 1 amide bonds. The van der Waals surface area contributed by atoms with Gasteiger partial charge in [0.2, 0.25) is 5.91 Å². The number of amides is 1. The highest BCUT2D eigenvalue weighted by Gasteiger charge is 2.16. The van der Waals surface area contributed by atoms with Gasteiger partial charge < -0.3 is 5.32 Å². The van der Waals surface area contributed by atoms with Crippen LogP contribution in [-0.4, -0.2) is 30.5 Å². The molecule has 0 aliphatic carbocycles. The average Bonchev–Trinajstić information content (AvgIpc) is 2.45. The fourth-order valence-corrected chi connectivity index (χ4v) is 2.48. The minimum atomic E-state index is -4.54. The Hall–Kier alpha value is -0.950. The van der Waals surface area contributed by atoms with E-state index < -0.39 is 15.2 Å². The molecule has 22 heavy (non-hydrogen) atoms. The Labute approximate surface area is 133 Å². The van der Waals surface area contributed by atoms with Crippen LogP contribution >= 0.6 is 0 Å². The molecule has 0 aromatic heterocycles. The first kappa shape index (κ1) is 21.0. The van der Waals surface area contributed by atoms with Crippen LogP contribution in [0.15, 0.2) is 0 Å². The quantitative estimate of drug-likeness (QED) is 0.398. The van der Waals surface area contributed by atoms with Gasteiger partial charge in [-0.15, -0.1) is 0 Å². The highest BCUT2D eigenvalue weighted by atomic mass is 32.2. The normalized spacial score (nSPS) is 11.4. The van der Waals surface area contributed by atoms with Crippen molar-refractivity contribution in [3.63, 3.8) is 0 Å². The summed E-state index contributed by atoms with van der Waals surface area (Å²) in [5, 5.41) is 1.67. The number of rotatable bonds is 13. The maximum atomic E-state index is 11.5. The third kappa shape index (κ3) is 12.8. The summed E-state index contributed by atoms with van der Waals surface area (Å²) in [6, 6.07) is 0. The summed E-state index contributed by atoms with van der Waals surface area (Å²) in [7, 11) is -4.54. The van der Waals surface area contributed by atoms with Gasteiger partial charge in [0.15, 0.2) is 0 Å². The number of hydrogen-bond donors (Lipinski definition) is 2. The summed E-state index contributed by atoms with van der Waals surface area (Å²) in [5.74, 6) is 0.0458. The van der Waals surface area contributed by atoms with E-state index in [1.54, 1.807) is 0 Å². The van der Waals surface area contributed by atoms with E-state index in [0.717, 1.165) is 12.8 Å². The molecule has 130 valence electrons. The van der Waals surface area contributed by atoms with Crippen LogP contribution in [0.5, 0.6) is 0 Å². The van der Waals surface area contributed by atoms with Crippen LogP contribution in [0.4, 0.5) is 0 Å². The topological polar surface area (TPSA) is 101 Å². The summed E-state index contributed by atoms with van der Waals surface area (Å²) >= 11 is 0. The van der Waals surface area contributed by atoms with Gasteiger partial charge in [0.1, 0.15) is 0 Å². The third-order valence-corrected chi connectivity index (χ3v) is 4.20. The summed E-state index contributed by atoms with van der Waals surface area (Å²) in [6.45, 7) is 2.71. The van der Waals surface area contributed by atoms with Crippen molar-refractivity contribution in [2.45, 2.75) is 77.6 Å². The van der Waals surface area contributed by atoms with Gasteiger partial charge in [0.05, 0.1) is 0 Å². The molecule has 0 saturated heterocycles. The monoisotopic (exact) mass is 335 g/mol. The van der Waals surface area contributed by atoms with Gasteiger partial charge in [-0.3, -0.25) is 14.1 Å². The Morgan fingerprint density at radius 3 is 2.05 bits per heavy atom. The zero-order valence-corrected chi connectivity index (χ0v) is 14.3. The van der Waals surface area contributed by atoms with Crippen molar-refractivity contribution in [3.8, 4) is 0 Å². The van der Waals surface area contributed by atoms with Gasteiger partial charge in [0, 0.05) is 19.4 Å². The maximum absolute atomic E-state index is 11.5. The van der Waals surface area contributed by atoms with E-state index in [4.69, 9.17) is 4.55 Å². The van der Waals surface area contributed by atoms with Crippen molar-refractivity contribution in [2.24, 2.45) is 0 Å². The van der Waals surface area contributed by atoms with E-state index in [0.29, 0.717) is 32.2 Å². The van der Waals surface area contributed by atoms with Crippen molar-refractivity contribution in [3.05, 3.63) is 0 Å². The van der Waals surface area contributed by atoms with E-state index in [-0.39, 0.29) is 12.3 Å². The molecule has 0 spiro atoms. The van der Waals surface area contributed by atoms with Crippen LogP contribution in [0.1, 0.15) is 77.6 Å². The first-order chi connectivity index (χ1) is 10.4. The van der Waals surface area contributed by atoms with E-state index in [2.05, 4.69) is 12.2 Å². The first-order valence-electron chi connectivity index (χ1n) is 8.15. The Morgan fingerprint density at radius 1 is 0.864 bits per heavy atom. The third-order valence-electron chi connectivity index (χ3n) is 3.42. The molecular weight excluding hydrogens is 306 g/mol. The molecule has 0 aromatic rings. The maximum Gasteiger partial charge on any atom is 0.328 e. The van der Waals surface area contributed by atoms with Crippen molar-refractivity contribution in [1.82, 2.24) is 5.32 Å². The summed E-state index contributed by atoms with van der Waals surface area (Å²) in [6.07, 6.45) is 9.00. The lowest BCUT2D eigenvalue weighted by molar-refractivity contribution is -0.121. The number of unbranched alkanes of at least 4 members (excludes halogenated alkanes) is 7. The second kappa shape index (κ2) is 12.6. The summed E-state index contributed by atoms with van der Waals surface area (Å²) < 4.78 is 29.4. The average molecular weight is 335 g/mol. The van der Waals surface area contributed by atoms with E-state index >= 15 is 0 Å². The molecule has 6 nitrogen and oxygen atoms in total. The van der Waals surface area contributed by atoms with Crippen LogP contribution in [0, 0.1) is 0 Å². The minimum absolute atomic E-state index is 0.0458. The van der Waals surface area contributed by atoms with Crippen LogP contribution in [0.3, 0.4) is 0 Å². The zero-order chi connectivity index (χ0) is 16.8.